The molecule has 3 aliphatic heterocycles. The molecule has 184 valence electrons. The summed E-state index contributed by atoms with van der Waals surface area (Å²) in [4.78, 5) is 34.5. The molecule has 1 aromatic heterocycles. The van der Waals surface area contributed by atoms with E-state index in [9.17, 15) is 9.59 Å². The summed E-state index contributed by atoms with van der Waals surface area (Å²) in [5, 5.41) is 3.40. The van der Waals surface area contributed by atoms with Crippen LogP contribution in [0, 0.1) is 0 Å². The second kappa shape index (κ2) is 11.0. The van der Waals surface area contributed by atoms with Crippen molar-refractivity contribution in [1.29, 1.82) is 0 Å². The van der Waals surface area contributed by atoms with Crippen LogP contribution < -0.4 is 11.1 Å². The summed E-state index contributed by atoms with van der Waals surface area (Å²) in [5.41, 5.74) is 11.1. The number of benzene rings is 1. The van der Waals surface area contributed by atoms with Gasteiger partial charge in [-0.15, -0.1) is 12.4 Å². The van der Waals surface area contributed by atoms with Crippen LogP contribution in [0.4, 0.5) is 0 Å². The molecule has 8 nitrogen and oxygen atoms in total. The lowest BCUT2D eigenvalue weighted by Gasteiger charge is -2.21. The van der Waals surface area contributed by atoms with E-state index < -0.39 is 0 Å². The van der Waals surface area contributed by atoms with E-state index in [1.807, 2.05) is 39.2 Å². The predicted octanol–water partition coefficient (Wildman–Crippen LogP) is 1.43. The number of pyridine rings is 1. The van der Waals surface area contributed by atoms with Crippen molar-refractivity contribution in [3.05, 3.63) is 88.6 Å². The van der Waals surface area contributed by atoms with Gasteiger partial charge in [0.1, 0.15) is 11.4 Å². The largest absolute Gasteiger partial charge is 0.365 e. The summed E-state index contributed by atoms with van der Waals surface area (Å²) >= 11 is 0. The number of nitrogens with zero attached hydrogens (tertiary/aromatic N) is 4. The van der Waals surface area contributed by atoms with Gasteiger partial charge in [-0.2, -0.15) is 0 Å². The second-order valence-corrected chi connectivity index (χ2v) is 8.86. The average molecular weight is 495 g/mol. The monoisotopic (exact) mass is 494 g/mol. The molecule has 2 aromatic rings. The molecule has 3 fully saturated rings. The zero-order valence-corrected chi connectivity index (χ0v) is 20.5. The third-order valence-electron chi connectivity index (χ3n) is 6.15. The zero-order valence-electron chi connectivity index (χ0n) is 19.7. The predicted molar refractivity (Wildman–Crippen MR) is 136 cm³/mol. The summed E-state index contributed by atoms with van der Waals surface area (Å²) in [7, 11) is 0. The topological polar surface area (TPSA) is 94.1 Å². The molecule has 0 amide bonds. The molecule has 0 unspecified atom stereocenters. The zero-order chi connectivity index (χ0) is 23.5. The third kappa shape index (κ3) is 6.28. The van der Waals surface area contributed by atoms with Crippen molar-refractivity contribution >= 4 is 24.0 Å². The van der Waals surface area contributed by atoms with E-state index in [0.29, 0.717) is 23.6 Å². The quantitative estimate of drug-likeness (QED) is 0.420. The van der Waals surface area contributed by atoms with Gasteiger partial charge in [-0.1, -0.05) is 24.3 Å². The molecule has 1 aliphatic carbocycles. The third-order valence-corrected chi connectivity index (χ3v) is 6.15. The minimum absolute atomic E-state index is 0. The summed E-state index contributed by atoms with van der Waals surface area (Å²) in [6, 6.07) is 12.4. The van der Waals surface area contributed by atoms with Crippen LogP contribution in [0.2, 0.25) is 0 Å². The van der Waals surface area contributed by atoms with Crippen LogP contribution in [0.15, 0.2) is 72.0 Å². The first-order chi connectivity index (χ1) is 16.6. The molecule has 0 bridgehead atoms. The molecule has 0 spiro atoms. The minimum Gasteiger partial charge on any atom is -0.365 e. The summed E-state index contributed by atoms with van der Waals surface area (Å²) in [6.45, 7) is 7.74. The standard InChI is InChI=1S/C14H17N3.C12H13N3O2.ClH/c15-9-12-1-3-13(4-2-12)10-17-11-14-5-7-16-8-6-14;16-9-7-8(13-1-2-13)12(17)11(15-5-6-15)10(9)14-3-4-14;/h1-8,17H,9-11,15H2;7H,1-6H2;1H. The van der Waals surface area contributed by atoms with Gasteiger partial charge in [0.05, 0.1) is 5.70 Å². The fourth-order valence-electron chi connectivity index (χ4n) is 3.92. The average Bonchev–Trinajstić information content (AvgIpc) is 3.72. The maximum atomic E-state index is 12.4. The first-order valence-electron chi connectivity index (χ1n) is 11.8. The first-order valence-corrected chi connectivity index (χ1v) is 11.8. The van der Waals surface area contributed by atoms with Crippen LogP contribution in [-0.2, 0) is 29.2 Å². The van der Waals surface area contributed by atoms with Crippen molar-refractivity contribution in [2.75, 3.05) is 39.3 Å². The van der Waals surface area contributed by atoms with Gasteiger partial charge in [0.15, 0.2) is 0 Å². The number of rotatable bonds is 8. The Labute approximate surface area is 211 Å². The van der Waals surface area contributed by atoms with Crippen molar-refractivity contribution in [3.63, 3.8) is 0 Å². The maximum Gasteiger partial charge on any atom is 0.227 e. The van der Waals surface area contributed by atoms with Crippen molar-refractivity contribution in [3.8, 4) is 0 Å². The van der Waals surface area contributed by atoms with Crippen molar-refractivity contribution in [2.24, 2.45) is 5.73 Å². The van der Waals surface area contributed by atoms with Crippen LogP contribution in [0.25, 0.3) is 0 Å². The van der Waals surface area contributed by atoms with E-state index in [1.54, 1.807) is 0 Å². The lowest BCUT2D eigenvalue weighted by molar-refractivity contribution is -0.117. The number of hydrogen-bond acceptors (Lipinski definition) is 8. The number of Topliss-reactive ketones (excluding diaryl/α,β-unsaturated/α-hetero) is 1. The van der Waals surface area contributed by atoms with Crippen LogP contribution in [0.1, 0.15) is 16.7 Å². The van der Waals surface area contributed by atoms with E-state index in [-0.39, 0.29) is 24.0 Å². The van der Waals surface area contributed by atoms with Gasteiger partial charge in [0.2, 0.25) is 11.6 Å². The Morgan fingerprint density at radius 3 is 1.80 bits per heavy atom. The van der Waals surface area contributed by atoms with Crippen LogP contribution in [-0.4, -0.2) is 70.5 Å². The first kappa shape index (κ1) is 24.9. The molecule has 0 saturated carbocycles. The van der Waals surface area contributed by atoms with E-state index in [0.717, 1.165) is 52.4 Å². The van der Waals surface area contributed by atoms with Gasteiger partial charge in [-0.3, -0.25) is 14.6 Å². The van der Waals surface area contributed by atoms with E-state index in [2.05, 4.69) is 34.6 Å². The Morgan fingerprint density at radius 1 is 0.743 bits per heavy atom. The molecule has 4 aliphatic rings. The number of halogens is 1. The molecule has 0 atom stereocenters. The minimum atomic E-state index is 0. The van der Waals surface area contributed by atoms with Gasteiger partial charge in [0.25, 0.3) is 0 Å². The fourth-order valence-corrected chi connectivity index (χ4v) is 3.92. The van der Waals surface area contributed by atoms with Crippen molar-refractivity contribution in [1.82, 2.24) is 25.0 Å². The van der Waals surface area contributed by atoms with Gasteiger partial charge in [-0.05, 0) is 28.8 Å². The van der Waals surface area contributed by atoms with Gasteiger partial charge in [-0.25, -0.2) is 0 Å². The lowest BCUT2D eigenvalue weighted by atomic mass is 10.0. The van der Waals surface area contributed by atoms with Crippen molar-refractivity contribution in [2.45, 2.75) is 19.6 Å². The molecule has 4 heterocycles. The Hall–Kier alpha value is -3.20. The van der Waals surface area contributed by atoms with Crippen LogP contribution in [0.3, 0.4) is 0 Å². The van der Waals surface area contributed by atoms with Gasteiger partial charge in [0, 0.05) is 77.4 Å². The number of ketones is 2. The maximum absolute atomic E-state index is 12.4. The van der Waals surface area contributed by atoms with E-state index in [1.165, 1.54) is 22.8 Å². The Balaban J connectivity index is 0.000000160. The highest BCUT2D eigenvalue weighted by atomic mass is 35.5. The fraction of sp³-hybridized carbons (Fsp3) is 0.346. The Kier molecular flexibility index (Phi) is 7.85. The van der Waals surface area contributed by atoms with Crippen molar-refractivity contribution < 1.29 is 9.59 Å². The molecule has 0 radical (unpaired) electrons. The van der Waals surface area contributed by atoms with Gasteiger partial charge >= 0.3 is 0 Å². The number of aromatic nitrogens is 1. The van der Waals surface area contributed by atoms with E-state index >= 15 is 0 Å². The summed E-state index contributed by atoms with van der Waals surface area (Å²) < 4.78 is 0. The Bertz CT molecular complexity index is 1120. The molecule has 35 heavy (non-hydrogen) atoms. The van der Waals surface area contributed by atoms with Crippen LogP contribution >= 0.6 is 12.4 Å². The molecule has 9 heteroatoms. The molecule has 3 saturated heterocycles. The molecule has 3 N–H and O–H groups in total. The number of hydrogen-bond donors (Lipinski definition) is 2. The lowest BCUT2D eigenvalue weighted by Crippen LogP contribution is -2.29. The number of nitrogens with two attached hydrogens (primary N) is 1. The normalized spacial score (nSPS) is 18.0. The van der Waals surface area contributed by atoms with Crippen LogP contribution in [0.5, 0.6) is 0 Å². The van der Waals surface area contributed by atoms with E-state index in [4.69, 9.17) is 5.73 Å². The highest BCUT2D eigenvalue weighted by molar-refractivity contribution is 6.22. The molecular formula is C26H31ClN6O2. The Morgan fingerprint density at radius 2 is 1.26 bits per heavy atom. The summed E-state index contributed by atoms with van der Waals surface area (Å²) in [6.07, 6.45) is 5.15. The smallest absolute Gasteiger partial charge is 0.227 e. The van der Waals surface area contributed by atoms with Gasteiger partial charge < -0.3 is 25.8 Å². The number of nitrogens with one attached hydrogen (secondary N) is 1. The summed E-state index contributed by atoms with van der Waals surface area (Å²) in [5.74, 6) is 0.0485. The molecule has 6 rings (SSSR count). The second-order valence-electron chi connectivity index (χ2n) is 8.86. The number of carbonyl (C=O) groups excluding carboxylic acids is 2. The molecule has 1 aromatic carbocycles. The SMILES string of the molecule is Cl.NCc1ccc(CNCc2ccncc2)cc1.O=C1C=C(N2CC2)C(=O)C(N2CC2)=C1N1CC1. The highest BCUT2D eigenvalue weighted by Crippen LogP contribution is 2.33. The molecular weight excluding hydrogens is 464 g/mol. The number of carbonyl (C=O) groups is 2. The highest BCUT2D eigenvalue weighted by Gasteiger charge is 2.43. The number of allylic oxidation sites excluding steroid dienone is 1.